The molecule has 3 rings (SSSR count). The standard InChI is InChI=1S/C23H24N2O4S/c1-23(2,3)29-22(28)25(19(20(26)27)14-16-10-6-4-7-11-16)21-24-18(15-30-21)17-12-8-5-9-13-17/h4-13,15,19H,14H2,1-3H3,(H,26,27)/t19-/m0/s1. The van der Waals surface area contributed by atoms with E-state index >= 15 is 0 Å². The lowest BCUT2D eigenvalue weighted by Gasteiger charge is -2.29. The number of anilines is 1. The molecule has 0 saturated heterocycles. The zero-order chi connectivity index (χ0) is 21.7. The second-order valence-electron chi connectivity index (χ2n) is 7.78. The highest BCUT2D eigenvalue weighted by atomic mass is 32.1. The number of benzene rings is 2. The van der Waals surface area contributed by atoms with E-state index in [4.69, 9.17) is 4.74 Å². The number of thiazole rings is 1. The van der Waals surface area contributed by atoms with E-state index in [1.807, 2.05) is 66.0 Å². The molecule has 0 unspecified atom stereocenters. The first-order chi connectivity index (χ1) is 14.2. The van der Waals surface area contributed by atoms with Crippen LogP contribution in [0.2, 0.25) is 0 Å². The summed E-state index contributed by atoms with van der Waals surface area (Å²) in [6, 6.07) is 17.6. The molecule has 7 heteroatoms. The zero-order valence-corrected chi connectivity index (χ0v) is 17.9. The Morgan fingerprint density at radius 3 is 2.23 bits per heavy atom. The monoisotopic (exact) mass is 424 g/mol. The fraction of sp³-hybridized carbons (Fsp3) is 0.261. The Morgan fingerprint density at radius 1 is 1.07 bits per heavy atom. The number of rotatable bonds is 6. The number of nitrogens with zero attached hydrogens (tertiary/aromatic N) is 2. The number of aromatic nitrogens is 1. The first kappa shape index (κ1) is 21.5. The number of carbonyl (C=O) groups excluding carboxylic acids is 1. The van der Waals surface area contributed by atoms with Crippen LogP contribution in [-0.2, 0) is 16.0 Å². The molecule has 0 aliphatic carbocycles. The predicted octanol–water partition coefficient (Wildman–Crippen LogP) is 5.25. The molecule has 6 nitrogen and oxygen atoms in total. The Labute approximate surface area is 179 Å². The normalized spacial score (nSPS) is 12.2. The van der Waals surface area contributed by atoms with Crippen molar-refractivity contribution in [3.05, 3.63) is 71.6 Å². The number of ether oxygens (including phenoxy) is 1. The largest absolute Gasteiger partial charge is 0.480 e. The Kier molecular flexibility index (Phi) is 6.52. The van der Waals surface area contributed by atoms with Crippen molar-refractivity contribution in [1.29, 1.82) is 0 Å². The molecule has 0 fully saturated rings. The summed E-state index contributed by atoms with van der Waals surface area (Å²) in [6.07, 6.45) is -0.602. The number of hydrogen-bond acceptors (Lipinski definition) is 5. The fourth-order valence-corrected chi connectivity index (χ4v) is 3.76. The Balaban J connectivity index is 2.00. The molecule has 0 aliphatic rings. The Bertz CT molecular complexity index is 997. The predicted molar refractivity (Wildman–Crippen MR) is 118 cm³/mol. The summed E-state index contributed by atoms with van der Waals surface area (Å²) in [5, 5.41) is 12.1. The summed E-state index contributed by atoms with van der Waals surface area (Å²) >= 11 is 1.21. The number of hydrogen-bond donors (Lipinski definition) is 1. The summed E-state index contributed by atoms with van der Waals surface area (Å²) in [4.78, 5) is 30.9. The average Bonchev–Trinajstić information content (AvgIpc) is 3.17. The molecule has 1 N–H and O–H groups in total. The van der Waals surface area contributed by atoms with E-state index in [-0.39, 0.29) is 11.6 Å². The third-order valence-electron chi connectivity index (χ3n) is 4.23. The van der Waals surface area contributed by atoms with Crippen molar-refractivity contribution in [2.75, 3.05) is 4.90 Å². The molecule has 30 heavy (non-hydrogen) atoms. The zero-order valence-electron chi connectivity index (χ0n) is 17.1. The van der Waals surface area contributed by atoms with Crippen LogP contribution in [0.5, 0.6) is 0 Å². The minimum Gasteiger partial charge on any atom is -0.480 e. The van der Waals surface area contributed by atoms with Crippen LogP contribution in [0, 0.1) is 0 Å². The van der Waals surface area contributed by atoms with Crippen LogP contribution in [0.4, 0.5) is 9.93 Å². The second kappa shape index (κ2) is 9.09. The molecular formula is C23H24N2O4S. The fourth-order valence-electron chi connectivity index (χ4n) is 2.89. The van der Waals surface area contributed by atoms with E-state index in [2.05, 4.69) is 4.98 Å². The molecular weight excluding hydrogens is 400 g/mol. The Hall–Kier alpha value is -3.19. The van der Waals surface area contributed by atoms with Crippen molar-refractivity contribution in [3.63, 3.8) is 0 Å². The van der Waals surface area contributed by atoms with E-state index in [1.165, 1.54) is 11.3 Å². The highest BCUT2D eigenvalue weighted by molar-refractivity contribution is 7.14. The maximum atomic E-state index is 13.0. The Morgan fingerprint density at radius 2 is 1.67 bits per heavy atom. The smallest absolute Gasteiger partial charge is 0.417 e. The van der Waals surface area contributed by atoms with Crippen LogP contribution in [-0.4, -0.2) is 33.8 Å². The minimum atomic E-state index is -1.16. The van der Waals surface area contributed by atoms with Gasteiger partial charge in [0.1, 0.15) is 11.6 Å². The molecule has 1 aromatic heterocycles. The van der Waals surface area contributed by atoms with Crippen molar-refractivity contribution < 1.29 is 19.4 Å². The summed E-state index contributed by atoms with van der Waals surface area (Å²) < 4.78 is 5.53. The maximum absolute atomic E-state index is 13.0. The molecule has 3 aromatic rings. The van der Waals surface area contributed by atoms with Gasteiger partial charge in [-0.2, -0.15) is 0 Å². The van der Waals surface area contributed by atoms with E-state index in [9.17, 15) is 14.7 Å². The van der Waals surface area contributed by atoms with Gasteiger partial charge in [-0.15, -0.1) is 11.3 Å². The van der Waals surface area contributed by atoms with Crippen LogP contribution >= 0.6 is 11.3 Å². The first-order valence-electron chi connectivity index (χ1n) is 9.54. The van der Waals surface area contributed by atoms with Crippen molar-refractivity contribution in [2.24, 2.45) is 0 Å². The third-order valence-corrected chi connectivity index (χ3v) is 5.07. The minimum absolute atomic E-state index is 0.135. The van der Waals surface area contributed by atoms with Crippen LogP contribution < -0.4 is 4.90 Å². The molecule has 1 amide bonds. The van der Waals surface area contributed by atoms with Crippen molar-refractivity contribution in [3.8, 4) is 11.3 Å². The van der Waals surface area contributed by atoms with Crippen molar-refractivity contribution >= 4 is 28.5 Å². The van der Waals surface area contributed by atoms with Crippen LogP contribution in [0.3, 0.4) is 0 Å². The van der Waals surface area contributed by atoms with E-state index in [0.717, 1.165) is 16.0 Å². The van der Waals surface area contributed by atoms with Gasteiger partial charge in [-0.05, 0) is 26.3 Å². The molecule has 156 valence electrons. The number of amides is 1. The van der Waals surface area contributed by atoms with Gasteiger partial charge in [0.15, 0.2) is 5.13 Å². The number of aliphatic carboxylic acids is 1. The summed E-state index contributed by atoms with van der Waals surface area (Å²) in [6.45, 7) is 5.23. The number of carboxylic acid groups (broad SMARTS) is 1. The average molecular weight is 425 g/mol. The van der Waals surface area contributed by atoms with Crippen LogP contribution in [0.25, 0.3) is 11.3 Å². The van der Waals surface area contributed by atoms with Gasteiger partial charge < -0.3 is 9.84 Å². The topological polar surface area (TPSA) is 79.7 Å². The van der Waals surface area contributed by atoms with Gasteiger partial charge >= 0.3 is 12.1 Å². The highest BCUT2D eigenvalue weighted by Crippen LogP contribution is 2.30. The van der Waals surface area contributed by atoms with E-state index < -0.39 is 23.7 Å². The number of carbonyl (C=O) groups is 2. The summed E-state index contributed by atoms with van der Waals surface area (Å²) in [5.41, 5.74) is 1.59. The lowest BCUT2D eigenvalue weighted by molar-refractivity contribution is -0.138. The van der Waals surface area contributed by atoms with Gasteiger partial charge in [0.05, 0.1) is 5.69 Å². The molecule has 0 radical (unpaired) electrons. The molecule has 2 aromatic carbocycles. The molecule has 1 atom stereocenters. The molecule has 1 heterocycles. The SMILES string of the molecule is CC(C)(C)OC(=O)N(c1nc(-c2ccccc2)cs1)[C@@H](Cc1ccccc1)C(=O)O. The van der Waals surface area contributed by atoms with Crippen LogP contribution in [0.15, 0.2) is 66.0 Å². The quantitative estimate of drug-likeness (QED) is 0.585. The van der Waals surface area contributed by atoms with Gasteiger partial charge in [0.25, 0.3) is 0 Å². The van der Waals surface area contributed by atoms with E-state index in [0.29, 0.717) is 5.69 Å². The second-order valence-corrected chi connectivity index (χ2v) is 8.61. The lowest BCUT2D eigenvalue weighted by atomic mass is 10.1. The summed E-state index contributed by atoms with van der Waals surface area (Å²) in [5.74, 6) is -1.12. The van der Waals surface area contributed by atoms with Gasteiger partial charge in [0.2, 0.25) is 0 Å². The van der Waals surface area contributed by atoms with Crippen molar-refractivity contribution in [2.45, 2.75) is 38.8 Å². The van der Waals surface area contributed by atoms with E-state index in [1.54, 1.807) is 20.8 Å². The molecule has 0 bridgehead atoms. The van der Waals surface area contributed by atoms with Gasteiger partial charge in [0, 0.05) is 17.4 Å². The van der Waals surface area contributed by atoms with Crippen LogP contribution in [0.1, 0.15) is 26.3 Å². The number of carboxylic acids is 1. The third kappa shape index (κ3) is 5.45. The highest BCUT2D eigenvalue weighted by Gasteiger charge is 2.36. The molecule has 0 saturated carbocycles. The van der Waals surface area contributed by atoms with Gasteiger partial charge in [-0.1, -0.05) is 60.7 Å². The summed E-state index contributed by atoms with van der Waals surface area (Å²) in [7, 11) is 0. The molecule has 0 aliphatic heterocycles. The van der Waals surface area contributed by atoms with Gasteiger partial charge in [-0.3, -0.25) is 0 Å². The van der Waals surface area contributed by atoms with Gasteiger partial charge in [-0.25, -0.2) is 19.5 Å². The molecule has 0 spiro atoms. The lowest BCUT2D eigenvalue weighted by Crippen LogP contribution is -2.48. The van der Waals surface area contributed by atoms with Crippen molar-refractivity contribution in [1.82, 2.24) is 4.98 Å². The maximum Gasteiger partial charge on any atom is 0.417 e. The first-order valence-corrected chi connectivity index (χ1v) is 10.4.